The number of aliphatic carboxylic acids is 1. The maximum atomic E-state index is 12.7. The summed E-state index contributed by atoms with van der Waals surface area (Å²) >= 11 is 0. The van der Waals surface area contributed by atoms with Crippen molar-refractivity contribution < 1.29 is 24.2 Å². The molecule has 2 rings (SSSR count). The predicted molar refractivity (Wildman–Crippen MR) is 145 cm³/mol. The molecule has 1 unspecified atom stereocenters. The van der Waals surface area contributed by atoms with Crippen LogP contribution in [0.4, 0.5) is 10.5 Å². The molecule has 36 heavy (non-hydrogen) atoms. The zero-order valence-electron chi connectivity index (χ0n) is 22.2. The van der Waals surface area contributed by atoms with Crippen molar-refractivity contribution in [3.05, 3.63) is 48.0 Å². The second-order valence-corrected chi connectivity index (χ2v) is 9.16. The van der Waals surface area contributed by atoms with E-state index in [4.69, 9.17) is 14.6 Å². The molecule has 2 N–H and O–H groups in total. The second kappa shape index (κ2) is 15.8. The summed E-state index contributed by atoms with van der Waals surface area (Å²) in [5.41, 5.74) is 3.50. The monoisotopic (exact) mass is 498 g/mol. The van der Waals surface area contributed by atoms with E-state index in [1.807, 2.05) is 49.4 Å². The minimum absolute atomic E-state index is 0.0630. The summed E-state index contributed by atoms with van der Waals surface area (Å²) in [6.07, 6.45) is 7.05. The smallest absolute Gasteiger partial charge is 0.321 e. The lowest BCUT2D eigenvalue weighted by Gasteiger charge is -2.20. The van der Waals surface area contributed by atoms with Gasteiger partial charge in [0.15, 0.2) is 0 Å². The number of carbonyl (C=O) groups excluding carboxylic acids is 1. The third-order valence-electron chi connectivity index (χ3n) is 6.26. The van der Waals surface area contributed by atoms with E-state index in [1.165, 1.54) is 19.3 Å². The van der Waals surface area contributed by atoms with E-state index in [1.54, 1.807) is 19.1 Å². The van der Waals surface area contributed by atoms with E-state index in [9.17, 15) is 9.59 Å². The van der Waals surface area contributed by atoms with Crippen molar-refractivity contribution in [3.8, 4) is 16.9 Å². The van der Waals surface area contributed by atoms with Crippen molar-refractivity contribution in [1.82, 2.24) is 5.32 Å². The van der Waals surface area contributed by atoms with Crippen LogP contribution in [-0.2, 0) is 16.0 Å². The van der Waals surface area contributed by atoms with E-state index in [0.717, 1.165) is 41.6 Å². The molecule has 0 spiro atoms. The van der Waals surface area contributed by atoms with Gasteiger partial charge in [-0.3, -0.25) is 9.69 Å². The molecule has 0 saturated heterocycles. The Bertz CT molecular complexity index is 962. The molecule has 2 aromatic rings. The Morgan fingerprint density at radius 3 is 2.58 bits per heavy atom. The van der Waals surface area contributed by atoms with E-state index >= 15 is 0 Å². The van der Waals surface area contributed by atoms with Gasteiger partial charge in [-0.15, -0.1) is 0 Å². The highest BCUT2D eigenvalue weighted by molar-refractivity contribution is 5.92. The Morgan fingerprint density at radius 2 is 1.86 bits per heavy atom. The number of amides is 2. The van der Waals surface area contributed by atoms with Crippen LogP contribution in [0.5, 0.6) is 5.75 Å². The van der Waals surface area contributed by atoms with Gasteiger partial charge in [0, 0.05) is 44.8 Å². The first kappa shape index (κ1) is 29.2. The number of anilines is 1. The minimum Gasteiger partial charge on any atom is -0.493 e. The van der Waals surface area contributed by atoms with Crippen LogP contribution in [0.2, 0.25) is 0 Å². The van der Waals surface area contributed by atoms with Crippen LogP contribution in [-0.4, -0.2) is 50.5 Å². The number of nitrogens with zero attached hydrogens (tertiary/aromatic N) is 1. The zero-order chi connectivity index (χ0) is 26.3. The second-order valence-electron chi connectivity index (χ2n) is 9.16. The van der Waals surface area contributed by atoms with E-state index in [-0.39, 0.29) is 18.6 Å². The fourth-order valence-electron chi connectivity index (χ4n) is 3.83. The third-order valence-corrected chi connectivity index (χ3v) is 6.26. The summed E-state index contributed by atoms with van der Waals surface area (Å²) < 4.78 is 11.5. The van der Waals surface area contributed by atoms with Crippen molar-refractivity contribution in [2.24, 2.45) is 0 Å². The van der Waals surface area contributed by atoms with Crippen molar-refractivity contribution in [3.63, 3.8) is 0 Å². The lowest BCUT2D eigenvalue weighted by molar-refractivity contribution is -0.136. The molecule has 7 nitrogen and oxygen atoms in total. The van der Waals surface area contributed by atoms with Gasteiger partial charge < -0.3 is 19.9 Å². The number of methoxy groups -OCH3 is 1. The average Bonchev–Trinajstić information content (AvgIpc) is 2.88. The number of aryl methyl sites for hydroxylation is 1. The van der Waals surface area contributed by atoms with Gasteiger partial charge in [0.2, 0.25) is 0 Å². The number of hydrogen-bond donors (Lipinski definition) is 2. The van der Waals surface area contributed by atoms with Gasteiger partial charge in [-0.2, -0.15) is 0 Å². The summed E-state index contributed by atoms with van der Waals surface area (Å²) in [6, 6.07) is 13.5. The first-order chi connectivity index (χ1) is 17.3. The molecule has 7 heteroatoms. The molecule has 0 aliphatic rings. The average molecular weight is 499 g/mol. The molecule has 0 bridgehead atoms. The number of carboxylic acids is 1. The van der Waals surface area contributed by atoms with Crippen LogP contribution in [0.25, 0.3) is 11.1 Å². The van der Waals surface area contributed by atoms with Gasteiger partial charge >= 0.3 is 12.0 Å². The van der Waals surface area contributed by atoms with E-state index in [2.05, 4.69) is 12.2 Å². The summed E-state index contributed by atoms with van der Waals surface area (Å²) in [6.45, 7) is 5.33. The molecule has 0 heterocycles. The summed E-state index contributed by atoms with van der Waals surface area (Å²) in [5, 5.41) is 12.1. The predicted octanol–water partition coefficient (Wildman–Crippen LogP) is 6.29. The van der Waals surface area contributed by atoms with Crippen molar-refractivity contribution in [2.75, 3.05) is 32.2 Å². The van der Waals surface area contributed by atoms with Crippen LogP contribution in [0.15, 0.2) is 42.5 Å². The molecule has 1 atom stereocenters. The van der Waals surface area contributed by atoms with Gasteiger partial charge in [0.1, 0.15) is 5.75 Å². The molecule has 0 aliphatic carbocycles. The molecular weight excluding hydrogens is 456 g/mol. The standard InChI is InChI=1S/C29H42N2O5/c1-5-6-7-8-9-18-30-29(34)31(3)25-12-10-11-24(21-25)26-15-13-23(14-16-28(32)33)20-27(26)36-19-17-22(2)35-4/h10-13,15,20-22H,5-9,14,16-19H2,1-4H3,(H,30,34)(H,32,33). The number of urea groups is 1. The molecular formula is C29H42N2O5. The highest BCUT2D eigenvalue weighted by Crippen LogP contribution is 2.33. The number of nitrogens with one attached hydrogen (secondary N) is 1. The number of unbranched alkanes of at least 4 members (excludes halogenated alkanes) is 4. The maximum Gasteiger partial charge on any atom is 0.321 e. The van der Waals surface area contributed by atoms with Gasteiger partial charge in [0.05, 0.1) is 12.7 Å². The fourth-order valence-corrected chi connectivity index (χ4v) is 3.83. The molecule has 0 radical (unpaired) electrons. The Balaban J connectivity index is 2.16. The lowest BCUT2D eigenvalue weighted by atomic mass is 10.00. The normalized spacial score (nSPS) is 11.7. The van der Waals surface area contributed by atoms with Gasteiger partial charge in [-0.1, -0.05) is 56.9 Å². The number of rotatable bonds is 16. The molecule has 2 amide bonds. The highest BCUT2D eigenvalue weighted by atomic mass is 16.5. The minimum atomic E-state index is -0.828. The number of hydrogen-bond acceptors (Lipinski definition) is 4. The number of ether oxygens (including phenoxy) is 2. The zero-order valence-corrected chi connectivity index (χ0v) is 22.2. The maximum absolute atomic E-state index is 12.7. The molecule has 198 valence electrons. The van der Waals surface area contributed by atoms with Crippen LogP contribution in [0, 0.1) is 0 Å². The molecule has 0 fully saturated rings. The number of carbonyl (C=O) groups is 2. The first-order valence-electron chi connectivity index (χ1n) is 13.0. The number of carboxylic acid groups (broad SMARTS) is 1. The Labute approximate surface area is 215 Å². The molecule has 0 aliphatic heterocycles. The Morgan fingerprint density at radius 1 is 1.08 bits per heavy atom. The van der Waals surface area contributed by atoms with Crippen molar-refractivity contribution >= 4 is 17.7 Å². The van der Waals surface area contributed by atoms with Crippen LogP contribution in [0.1, 0.15) is 64.4 Å². The SMILES string of the molecule is CCCCCCCNC(=O)N(C)c1cccc(-c2ccc(CCC(=O)O)cc2OCCC(C)OC)c1. The molecule has 0 aromatic heterocycles. The first-order valence-corrected chi connectivity index (χ1v) is 13.0. The van der Waals surface area contributed by atoms with Gasteiger partial charge in [-0.05, 0) is 49.1 Å². The van der Waals surface area contributed by atoms with E-state index in [0.29, 0.717) is 25.3 Å². The largest absolute Gasteiger partial charge is 0.493 e. The highest BCUT2D eigenvalue weighted by Gasteiger charge is 2.14. The van der Waals surface area contributed by atoms with Crippen molar-refractivity contribution in [1.29, 1.82) is 0 Å². The third kappa shape index (κ3) is 9.90. The van der Waals surface area contributed by atoms with Gasteiger partial charge in [0.25, 0.3) is 0 Å². The Kier molecular flexibility index (Phi) is 12.8. The lowest BCUT2D eigenvalue weighted by Crippen LogP contribution is -2.37. The summed E-state index contributed by atoms with van der Waals surface area (Å²) in [7, 11) is 3.44. The van der Waals surface area contributed by atoms with Crippen LogP contribution in [0.3, 0.4) is 0 Å². The molecule has 2 aromatic carbocycles. The fraction of sp³-hybridized carbons (Fsp3) is 0.517. The van der Waals surface area contributed by atoms with Gasteiger partial charge in [-0.25, -0.2) is 4.79 Å². The number of benzene rings is 2. The summed E-state index contributed by atoms with van der Waals surface area (Å²) in [5.74, 6) is -0.136. The van der Waals surface area contributed by atoms with Crippen LogP contribution >= 0.6 is 0 Å². The quantitative estimate of drug-likeness (QED) is 0.266. The van der Waals surface area contributed by atoms with E-state index < -0.39 is 5.97 Å². The topological polar surface area (TPSA) is 88.1 Å². The summed E-state index contributed by atoms with van der Waals surface area (Å²) in [4.78, 5) is 25.3. The Hall–Kier alpha value is -3.06. The molecule has 0 saturated carbocycles. The van der Waals surface area contributed by atoms with Crippen molar-refractivity contribution in [2.45, 2.75) is 71.3 Å². The van der Waals surface area contributed by atoms with Crippen LogP contribution < -0.4 is 15.0 Å².